The van der Waals surface area contributed by atoms with Gasteiger partial charge in [-0.05, 0) is 50.7 Å². The summed E-state index contributed by atoms with van der Waals surface area (Å²) in [6.07, 6.45) is 5.34. The Morgan fingerprint density at radius 1 is 1.34 bits per heavy atom. The number of allylic oxidation sites excluding steroid dienone is 1. The first-order valence-corrected chi connectivity index (χ1v) is 12.3. The van der Waals surface area contributed by atoms with Crippen molar-refractivity contribution in [3.8, 4) is 5.75 Å². The average molecular weight is 460 g/mol. The number of aromatic nitrogens is 1. The Morgan fingerprint density at radius 3 is 2.78 bits per heavy atom. The van der Waals surface area contributed by atoms with Gasteiger partial charge in [-0.15, -0.1) is 0 Å². The number of fused-ring (bicyclic) bond motifs is 1. The molecule has 32 heavy (non-hydrogen) atoms. The Balaban J connectivity index is 1.97. The van der Waals surface area contributed by atoms with E-state index in [1.165, 1.54) is 4.31 Å². The standard InChI is InChI=1S/C24H33N3O4S/c1-5-8-20-10-11-24-22(13-20)31-23(16-26(4)15-21-9-6-7-12-25-21)18(2)14-27(19(3)17-28)32(24,29)30/h5-13,18-19,23,28H,14-17H2,1-4H3/t18-,19+,23-/m0/s1. The molecule has 1 aliphatic rings. The highest BCUT2D eigenvalue weighted by molar-refractivity contribution is 7.89. The van der Waals surface area contributed by atoms with Crippen molar-refractivity contribution >= 4 is 16.1 Å². The molecule has 0 saturated carbocycles. The second kappa shape index (κ2) is 10.6. The van der Waals surface area contributed by atoms with Crippen LogP contribution in [0, 0.1) is 5.92 Å². The third kappa shape index (κ3) is 5.56. The van der Waals surface area contributed by atoms with Gasteiger partial charge in [0.15, 0.2) is 0 Å². The first-order chi connectivity index (χ1) is 15.3. The fraction of sp³-hybridized carbons (Fsp3) is 0.458. The Bertz CT molecular complexity index is 1030. The number of hydrogen-bond acceptors (Lipinski definition) is 6. The van der Waals surface area contributed by atoms with Gasteiger partial charge in [0.05, 0.1) is 12.3 Å². The molecule has 0 amide bonds. The van der Waals surface area contributed by atoms with Gasteiger partial charge in [-0.3, -0.25) is 9.88 Å². The monoisotopic (exact) mass is 459 g/mol. The largest absolute Gasteiger partial charge is 0.487 e. The maximum absolute atomic E-state index is 13.5. The van der Waals surface area contributed by atoms with Gasteiger partial charge in [0.2, 0.25) is 10.0 Å². The Hall–Kier alpha value is -2.26. The molecule has 2 aromatic rings. The molecule has 8 heteroatoms. The van der Waals surface area contributed by atoms with Crippen LogP contribution in [-0.4, -0.2) is 66.6 Å². The van der Waals surface area contributed by atoms with Gasteiger partial charge in [0.1, 0.15) is 16.7 Å². The molecule has 1 aromatic heterocycles. The number of ether oxygens (including phenoxy) is 1. The van der Waals surface area contributed by atoms with Crippen molar-refractivity contribution in [1.82, 2.24) is 14.2 Å². The van der Waals surface area contributed by atoms with E-state index in [9.17, 15) is 13.5 Å². The van der Waals surface area contributed by atoms with Gasteiger partial charge < -0.3 is 9.84 Å². The van der Waals surface area contributed by atoms with Crippen LogP contribution in [0.15, 0.2) is 53.6 Å². The fourth-order valence-corrected chi connectivity index (χ4v) is 5.72. The lowest BCUT2D eigenvalue weighted by Crippen LogP contribution is -2.49. The lowest BCUT2D eigenvalue weighted by Gasteiger charge is -2.37. The van der Waals surface area contributed by atoms with Crippen LogP contribution >= 0.6 is 0 Å². The van der Waals surface area contributed by atoms with Crippen molar-refractivity contribution in [3.05, 3.63) is 59.9 Å². The highest BCUT2D eigenvalue weighted by Gasteiger charge is 2.38. The van der Waals surface area contributed by atoms with Crippen molar-refractivity contribution in [3.63, 3.8) is 0 Å². The summed E-state index contributed by atoms with van der Waals surface area (Å²) in [5.74, 6) is 0.252. The van der Waals surface area contributed by atoms with Gasteiger partial charge >= 0.3 is 0 Å². The van der Waals surface area contributed by atoms with Gasteiger partial charge in [-0.25, -0.2) is 8.42 Å². The number of likely N-dealkylation sites (N-methyl/N-ethyl adjacent to an activating group) is 1. The molecule has 0 unspecified atom stereocenters. The van der Waals surface area contributed by atoms with Crippen LogP contribution < -0.4 is 4.74 Å². The third-order valence-electron chi connectivity index (χ3n) is 5.70. The molecule has 3 rings (SSSR count). The van der Waals surface area contributed by atoms with E-state index in [1.807, 2.05) is 51.2 Å². The van der Waals surface area contributed by atoms with Gasteiger partial charge in [-0.2, -0.15) is 4.31 Å². The zero-order valence-electron chi connectivity index (χ0n) is 19.2. The fourth-order valence-electron chi connectivity index (χ4n) is 3.90. The van der Waals surface area contributed by atoms with Crippen LogP contribution in [0.4, 0.5) is 0 Å². The molecule has 0 spiro atoms. The van der Waals surface area contributed by atoms with E-state index < -0.39 is 16.1 Å². The van der Waals surface area contributed by atoms with Crippen molar-refractivity contribution in [1.29, 1.82) is 0 Å². The number of pyridine rings is 1. The smallest absolute Gasteiger partial charge is 0.247 e. The summed E-state index contributed by atoms with van der Waals surface area (Å²) in [7, 11) is -1.81. The second-order valence-electron chi connectivity index (χ2n) is 8.46. The summed E-state index contributed by atoms with van der Waals surface area (Å²) < 4.78 is 34.7. The Morgan fingerprint density at radius 2 is 2.12 bits per heavy atom. The van der Waals surface area contributed by atoms with Crippen molar-refractivity contribution in [2.75, 3.05) is 26.7 Å². The van der Waals surface area contributed by atoms with Crippen LogP contribution in [-0.2, 0) is 16.6 Å². The maximum Gasteiger partial charge on any atom is 0.247 e. The van der Waals surface area contributed by atoms with E-state index in [-0.39, 0.29) is 30.1 Å². The van der Waals surface area contributed by atoms with Crippen LogP contribution in [0.25, 0.3) is 6.08 Å². The zero-order chi connectivity index (χ0) is 23.3. The molecular weight excluding hydrogens is 426 g/mol. The molecule has 0 radical (unpaired) electrons. The highest BCUT2D eigenvalue weighted by Crippen LogP contribution is 2.34. The van der Waals surface area contributed by atoms with E-state index >= 15 is 0 Å². The van der Waals surface area contributed by atoms with Gasteiger partial charge in [0, 0.05) is 37.8 Å². The summed E-state index contributed by atoms with van der Waals surface area (Å²) in [5, 5.41) is 9.74. The summed E-state index contributed by atoms with van der Waals surface area (Å²) in [5.41, 5.74) is 1.83. The first-order valence-electron chi connectivity index (χ1n) is 10.9. The molecule has 7 nitrogen and oxygen atoms in total. The number of benzene rings is 1. The van der Waals surface area contributed by atoms with Crippen molar-refractivity contribution < 1.29 is 18.3 Å². The lowest BCUT2D eigenvalue weighted by atomic mass is 10.0. The first kappa shape index (κ1) is 24.4. The molecule has 0 bridgehead atoms. The molecule has 1 aliphatic heterocycles. The van der Waals surface area contributed by atoms with E-state index in [1.54, 1.807) is 31.3 Å². The summed E-state index contributed by atoms with van der Waals surface area (Å²) in [6, 6.07) is 10.4. The average Bonchev–Trinajstić information content (AvgIpc) is 2.76. The number of nitrogens with zero attached hydrogens (tertiary/aromatic N) is 3. The van der Waals surface area contributed by atoms with Crippen LogP contribution in [0.1, 0.15) is 32.0 Å². The number of sulfonamides is 1. The minimum Gasteiger partial charge on any atom is -0.487 e. The predicted molar refractivity (Wildman–Crippen MR) is 126 cm³/mol. The number of aliphatic hydroxyl groups excluding tert-OH is 1. The highest BCUT2D eigenvalue weighted by atomic mass is 32.2. The lowest BCUT2D eigenvalue weighted by molar-refractivity contribution is 0.0730. The molecule has 0 saturated heterocycles. The Kier molecular flexibility index (Phi) is 8.05. The van der Waals surface area contributed by atoms with Gasteiger partial charge in [-0.1, -0.05) is 31.2 Å². The molecule has 1 aromatic carbocycles. The molecule has 0 aliphatic carbocycles. The van der Waals surface area contributed by atoms with Crippen molar-refractivity contribution in [2.45, 2.75) is 44.4 Å². The normalized spacial score (nSPS) is 22.2. The van der Waals surface area contributed by atoms with E-state index in [0.717, 1.165) is 11.3 Å². The predicted octanol–water partition coefficient (Wildman–Crippen LogP) is 3.02. The van der Waals surface area contributed by atoms with Crippen LogP contribution in [0.5, 0.6) is 5.75 Å². The van der Waals surface area contributed by atoms with Gasteiger partial charge in [0.25, 0.3) is 0 Å². The molecule has 0 fully saturated rings. The second-order valence-corrected chi connectivity index (χ2v) is 10.3. The molecule has 2 heterocycles. The SMILES string of the molecule is CC=Cc1ccc2c(c1)O[C@@H](CN(C)Cc1ccccn1)[C@@H](C)CN([C@H](C)CO)S2(=O)=O. The minimum absolute atomic E-state index is 0.0940. The van der Waals surface area contributed by atoms with Crippen molar-refractivity contribution in [2.24, 2.45) is 5.92 Å². The van der Waals surface area contributed by atoms with Crippen LogP contribution in [0.2, 0.25) is 0 Å². The summed E-state index contributed by atoms with van der Waals surface area (Å²) in [4.78, 5) is 6.66. The van der Waals surface area contributed by atoms with E-state index in [0.29, 0.717) is 18.8 Å². The molecule has 174 valence electrons. The summed E-state index contributed by atoms with van der Waals surface area (Å²) >= 11 is 0. The number of rotatable bonds is 7. The maximum atomic E-state index is 13.5. The quantitative estimate of drug-likeness (QED) is 0.685. The zero-order valence-corrected chi connectivity index (χ0v) is 20.0. The van der Waals surface area contributed by atoms with E-state index in [4.69, 9.17) is 4.74 Å². The Labute approximate surface area is 191 Å². The minimum atomic E-state index is -3.82. The number of aliphatic hydroxyl groups is 1. The van der Waals surface area contributed by atoms with Crippen LogP contribution in [0.3, 0.4) is 0 Å². The topological polar surface area (TPSA) is 83.0 Å². The molecule has 1 N–H and O–H groups in total. The number of hydrogen-bond donors (Lipinski definition) is 1. The molecular formula is C24H33N3O4S. The third-order valence-corrected chi connectivity index (χ3v) is 7.72. The summed E-state index contributed by atoms with van der Waals surface area (Å²) in [6.45, 7) is 6.91. The van der Waals surface area contributed by atoms with E-state index in [2.05, 4.69) is 9.88 Å². The molecule has 3 atom stereocenters.